The van der Waals surface area contributed by atoms with Crippen molar-refractivity contribution in [2.24, 2.45) is 0 Å². The third-order valence-corrected chi connectivity index (χ3v) is 2.50. The Hall–Kier alpha value is -2.37. The highest BCUT2D eigenvalue weighted by Crippen LogP contribution is 2.19. The number of carbonyl (C=O) groups excluding carboxylic acids is 2. The maximum atomic E-state index is 12.1. The first-order chi connectivity index (χ1) is 10.3. The number of carboxylic acids is 1. The molecule has 0 bridgehead atoms. The van der Waals surface area contributed by atoms with Gasteiger partial charge < -0.3 is 14.6 Å². The molecule has 0 spiro atoms. The van der Waals surface area contributed by atoms with E-state index in [9.17, 15) is 19.5 Å². The SMILES string of the molecule is CC(C)(C)OC(=O)c1ccc(C(=O)OC(C)(C)C)c(C(=O)O)c1. The second-order valence-corrected chi connectivity index (χ2v) is 7.07. The maximum absolute atomic E-state index is 12.1. The maximum Gasteiger partial charge on any atom is 0.339 e. The fraction of sp³-hybridized carbons (Fsp3) is 0.471. The van der Waals surface area contributed by atoms with Crippen LogP contribution >= 0.6 is 0 Å². The highest BCUT2D eigenvalue weighted by atomic mass is 16.6. The predicted molar refractivity (Wildman–Crippen MR) is 83.7 cm³/mol. The summed E-state index contributed by atoms with van der Waals surface area (Å²) < 4.78 is 10.4. The minimum atomic E-state index is -1.32. The molecule has 0 atom stereocenters. The molecule has 0 aliphatic carbocycles. The number of aromatic carboxylic acids is 1. The third kappa shape index (κ3) is 5.73. The van der Waals surface area contributed by atoms with Gasteiger partial charge in [0.25, 0.3) is 0 Å². The molecule has 126 valence electrons. The molecule has 0 amide bonds. The van der Waals surface area contributed by atoms with Gasteiger partial charge in [-0.1, -0.05) is 0 Å². The lowest BCUT2D eigenvalue weighted by atomic mass is 10.0. The Labute approximate surface area is 135 Å². The molecular weight excluding hydrogens is 300 g/mol. The summed E-state index contributed by atoms with van der Waals surface area (Å²) in [5, 5.41) is 9.29. The van der Waals surface area contributed by atoms with E-state index in [0.717, 1.165) is 6.07 Å². The van der Waals surface area contributed by atoms with E-state index < -0.39 is 29.1 Å². The highest BCUT2D eigenvalue weighted by molar-refractivity contribution is 6.04. The van der Waals surface area contributed by atoms with Gasteiger partial charge in [0.15, 0.2) is 0 Å². The van der Waals surface area contributed by atoms with Crippen LogP contribution in [0.1, 0.15) is 72.6 Å². The molecule has 6 heteroatoms. The van der Waals surface area contributed by atoms with E-state index in [1.165, 1.54) is 12.1 Å². The normalized spacial score (nSPS) is 11.7. The van der Waals surface area contributed by atoms with Gasteiger partial charge in [-0.15, -0.1) is 0 Å². The second kappa shape index (κ2) is 6.40. The molecule has 0 aromatic heterocycles. The zero-order valence-corrected chi connectivity index (χ0v) is 14.2. The Morgan fingerprint density at radius 2 is 1.30 bits per heavy atom. The van der Waals surface area contributed by atoms with Crippen molar-refractivity contribution in [2.45, 2.75) is 52.7 Å². The monoisotopic (exact) mass is 322 g/mol. The van der Waals surface area contributed by atoms with Gasteiger partial charge in [0.05, 0.1) is 16.7 Å². The van der Waals surface area contributed by atoms with Crippen LogP contribution in [0.2, 0.25) is 0 Å². The first-order valence-corrected chi connectivity index (χ1v) is 7.14. The van der Waals surface area contributed by atoms with Crippen LogP contribution in [0, 0.1) is 0 Å². The molecule has 0 heterocycles. The zero-order valence-electron chi connectivity index (χ0n) is 14.2. The van der Waals surface area contributed by atoms with Gasteiger partial charge in [-0.3, -0.25) is 0 Å². The highest BCUT2D eigenvalue weighted by Gasteiger charge is 2.25. The van der Waals surface area contributed by atoms with E-state index in [1.54, 1.807) is 41.5 Å². The Morgan fingerprint density at radius 1 is 0.826 bits per heavy atom. The quantitative estimate of drug-likeness (QED) is 0.859. The van der Waals surface area contributed by atoms with E-state index in [4.69, 9.17) is 9.47 Å². The van der Waals surface area contributed by atoms with Crippen LogP contribution in [0.5, 0.6) is 0 Å². The molecule has 1 N–H and O–H groups in total. The molecular formula is C17H22O6. The van der Waals surface area contributed by atoms with E-state index in [1.807, 2.05) is 0 Å². The molecule has 1 aromatic rings. The molecule has 0 aliphatic heterocycles. The average Bonchev–Trinajstić information content (AvgIpc) is 2.33. The van der Waals surface area contributed by atoms with E-state index in [2.05, 4.69) is 0 Å². The lowest BCUT2D eigenvalue weighted by Gasteiger charge is -2.21. The molecule has 1 aromatic carbocycles. The summed E-state index contributed by atoms with van der Waals surface area (Å²) in [7, 11) is 0. The molecule has 1 rings (SSSR count). The first-order valence-electron chi connectivity index (χ1n) is 7.14. The van der Waals surface area contributed by atoms with Crippen LogP contribution in [0.25, 0.3) is 0 Å². The lowest BCUT2D eigenvalue weighted by Crippen LogP contribution is -2.26. The summed E-state index contributed by atoms with van der Waals surface area (Å²) in [5.41, 5.74) is -1.81. The van der Waals surface area contributed by atoms with Crippen molar-refractivity contribution >= 4 is 17.9 Å². The van der Waals surface area contributed by atoms with Gasteiger partial charge in [0, 0.05) is 0 Å². The summed E-state index contributed by atoms with van der Waals surface area (Å²) in [6, 6.07) is 3.73. The first kappa shape index (κ1) is 18.7. The van der Waals surface area contributed by atoms with Crippen LogP contribution in [-0.4, -0.2) is 34.2 Å². The largest absolute Gasteiger partial charge is 0.478 e. The van der Waals surface area contributed by atoms with Crippen molar-refractivity contribution in [3.63, 3.8) is 0 Å². The minimum absolute atomic E-state index is 0.0598. The van der Waals surface area contributed by atoms with Gasteiger partial charge in [-0.25, -0.2) is 14.4 Å². The number of hydrogen-bond acceptors (Lipinski definition) is 5. The van der Waals surface area contributed by atoms with Gasteiger partial charge >= 0.3 is 17.9 Å². The molecule has 0 saturated heterocycles. The van der Waals surface area contributed by atoms with Crippen molar-refractivity contribution in [3.8, 4) is 0 Å². The lowest BCUT2D eigenvalue weighted by molar-refractivity contribution is 0.00500. The van der Waals surface area contributed by atoms with Crippen LogP contribution in [0.3, 0.4) is 0 Å². The molecule has 0 saturated carbocycles. The fourth-order valence-corrected chi connectivity index (χ4v) is 1.70. The molecule has 23 heavy (non-hydrogen) atoms. The topological polar surface area (TPSA) is 89.9 Å². The van der Waals surface area contributed by atoms with Crippen LogP contribution < -0.4 is 0 Å². The summed E-state index contributed by atoms with van der Waals surface area (Å²) in [6.45, 7) is 10.2. The van der Waals surface area contributed by atoms with Crippen molar-refractivity contribution < 1.29 is 29.0 Å². The summed E-state index contributed by atoms with van der Waals surface area (Å²) in [5.74, 6) is -2.74. The van der Waals surface area contributed by atoms with Gasteiger partial charge in [0.1, 0.15) is 11.2 Å². The smallest absolute Gasteiger partial charge is 0.339 e. The number of carbonyl (C=O) groups is 3. The van der Waals surface area contributed by atoms with Crippen LogP contribution in [-0.2, 0) is 9.47 Å². The minimum Gasteiger partial charge on any atom is -0.478 e. The molecule has 0 aliphatic rings. The summed E-state index contributed by atoms with van der Waals surface area (Å²) in [4.78, 5) is 35.5. The molecule has 0 radical (unpaired) electrons. The second-order valence-electron chi connectivity index (χ2n) is 7.07. The average molecular weight is 322 g/mol. The van der Waals surface area contributed by atoms with Crippen molar-refractivity contribution in [3.05, 3.63) is 34.9 Å². The molecule has 6 nitrogen and oxygen atoms in total. The molecule has 0 fully saturated rings. The van der Waals surface area contributed by atoms with E-state index >= 15 is 0 Å². The number of esters is 2. The van der Waals surface area contributed by atoms with Crippen molar-refractivity contribution in [2.75, 3.05) is 0 Å². The van der Waals surface area contributed by atoms with Gasteiger partial charge in [-0.2, -0.15) is 0 Å². The van der Waals surface area contributed by atoms with E-state index in [0.29, 0.717) is 0 Å². The van der Waals surface area contributed by atoms with Crippen molar-refractivity contribution in [1.82, 2.24) is 0 Å². The predicted octanol–water partition coefficient (Wildman–Crippen LogP) is 3.30. The molecule has 0 unspecified atom stereocenters. The zero-order chi connectivity index (χ0) is 18.0. The number of benzene rings is 1. The van der Waals surface area contributed by atoms with Crippen LogP contribution in [0.15, 0.2) is 18.2 Å². The Balaban J connectivity index is 3.20. The number of ether oxygens (including phenoxy) is 2. The standard InChI is InChI=1S/C17H22O6/c1-16(2,3)22-14(20)10-7-8-11(12(9-10)13(18)19)15(21)23-17(4,5)6/h7-9H,1-6H3,(H,18,19). The van der Waals surface area contributed by atoms with E-state index in [-0.39, 0.29) is 16.7 Å². The summed E-state index contributed by atoms with van der Waals surface area (Å²) >= 11 is 0. The third-order valence-electron chi connectivity index (χ3n) is 2.50. The van der Waals surface area contributed by atoms with Gasteiger partial charge in [-0.05, 0) is 59.7 Å². The number of hydrogen-bond donors (Lipinski definition) is 1. The summed E-state index contributed by atoms with van der Waals surface area (Å²) in [6.07, 6.45) is 0. The van der Waals surface area contributed by atoms with Crippen molar-refractivity contribution in [1.29, 1.82) is 0 Å². The Kier molecular flexibility index (Phi) is 5.20. The fourth-order valence-electron chi connectivity index (χ4n) is 1.70. The Morgan fingerprint density at radius 3 is 1.74 bits per heavy atom. The van der Waals surface area contributed by atoms with Gasteiger partial charge in [0.2, 0.25) is 0 Å². The van der Waals surface area contributed by atoms with Crippen LogP contribution in [0.4, 0.5) is 0 Å². The number of rotatable bonds is 3. The number of carboxylic acid groups (broad SMARTS) is 1. The Bertz CT molecular complexity index is 631.